The fourth-order valence-electron chi connectivity index (χ4n) is 10.9. The molecular weight excluding hydrogens is 891 g/mol. The van der Waals surface area contributed by atoms with Crippen molar-refractivity contribution in [1.82, 2.24) is 23.8 Å². The van der Waals surface area contributed by atoms with Gasteiger partial charge in [-0.25, -0.2) is 0 Å². The number of benzene rings is 4. The third-order valence-corrected chi connectivity index (χ3v) is 15.5. The van der Waals surface area contributed by atoms with Gasteiger partial charge < -0.3 is 38.4 Å². The molecular formula is C58H63N7O6. The van der Waals surface area contributed by atoms with Crippen LogP contribution in [0, 0.1) is 25.2 Å². The second-order valence-electron chi connectivity index (χ2n) is 19.8. The molecule has 2 aromatic heterocycles. The predicted octanol–water partition coefficient (Wildman–Crippen LogP) is 8.94. The molecule has 13 heteroatoms. The molecule has 0 aliphatic carbocycles. The maximum atomic E-state index is 15.8. The van der Waals surface area contributed by atoms with Gasteiger partial charge in [-0.1, -0.05) is 42.8 Å². The van der Waals surface area contributed by atoms with Crippen LogP contribution in [0.5, 0.6) is 11.5 Å². The number of aromatic hydroxyl groups is 1. The highest BCUT2D eigenvalue weighted by Crippen LogP contribution is 2.39. The van der Waals surface area contributed by atoms with Crippen molar-refractivity contribution >= 4 is 29.1 Å². The second-order valence-corrected chi connectivity index (χ2v) is 19.8. The number of nitrogens with zero attached hydrogens (tertiary/aromatic N) is 7. The lowest BCUT2D eigenvalue weighted by molar-refractivity contribution is -0.131. The molecule has 0 bridgehead atoms. The summed E-state index contributed by atoms with van der Waals surface area (Å²) in [4.78, 5) is 53.1. The summed E-state index contributed by atoms with van der Waals surface area (Å²) in [5.74, 6) is 0.467. The first-order valence-electron chi connectivity index (χ1n) is 25.2. The van der Waals surface area contributed by atoms with Crippen molar-refractivity contribution in [3.8, 4) is 28.8 Å². The Kier molecular flexibility index (Phi) is 13.6. The first-order chi connectivity index (χ1) is 34.4. The van der Waals surface area contributed by atoms with Crippen LogP contribution in [0.25, 0.3) is 11.3 Å². The standard InChI is InChI=1S/C58H63N7O6/c1-38-51(58(69)65(45-14-16-48(66)17-15-45)54-32-46(34-59)60(3)39(54)2)33-55(61(38)4)52-30-42-20-25-63(56(67)28-40-12-18-49(19-13-40)70-26-21-50-22-27-71-50)35-44(42)31-53(52)57(68)64-36-43-11-7-6-10-41(43)29-47(64)37-62-23-8-5-9-24-62/h6-7,10-19,30-33,47,50,66H,5,8-9,20-29,35-37H2,1-4H3/t47-,50?/m0/s1. The number of phenolic OH excluding ortho intramolecular Hbond substituents is 1. The van der Waals surface area contributed by atoms with Gasteiger partial charge in [0.2, 0.25) is 5.91 Å². The molecule has 0 radical (unpaired) electrons. The number of hydrogen-bond donors (Lipinski definition) is 1. The number of nitriles is 1. The fraction of sp³-hybridized carbons (Fsp3) is 0.379. The van der Waals surface area contributed by atoms with Crippen LogP contribution in [-0.4, -0.2) is 98.2 Å². The summed E-state index contributed by atoms with van der Waals surface area (Å²) in [7, 11) is 3.73. The number of piperidine rings is 1. The molecule has 13 nitrogen and oxygen atoms in total. The van der Waals surface area contributed by atoms with Gasteiger partial charge in [0.1, 0.15) is 23.3 Å². The summed E-state index contributed by atoms with van der Waals surface area (Å²) in [6, 6.07) is 32.6. The van der Waals surface area contributed by atoms with Gasteiger partial charge in [-0.2, -0.15) is 5.26 Å². The van der Waals surface area contributed by atoms with E-state index in [2.05, 4.69) is 40.1 Å². The van der Waals surface area contributed by atoms with Gasteiger partial charge in [-0.15, -0.1) is 0 Å². The average molecular weight is 954 g/mol. The smallest absolute Gasteiger partial charge is 0.264 e. The van der Waals surface area contributed by atoms with Gasteiger partial charge >= 0.3 is 0 Å². The zero-order chi connectivity index (χ0) is 49.3. The Balaban J connectivity index is 1.01. The Bertz CT molecular complexity index is 3010. The van der Waals surface area contributed by atoms with Crippen LogP contribution in [-0.2, 0) is 56.0 Å². The zero-order valence-electron chi connectivity index (χ0n) is 41.3. The van der Waals surface area contributed by atoms with E-state index < -0.39 is 0 Å². The van der Waals surface area contributed by atoms with Gasteiger partial charge in [0.25, 0.3) is 11.8 Å². The van der Waals surface area contributed by atoms with Crippen LogP contribution in [0.3, 0.4) is 0 Å². The highest BCUT2D eigenvalue weighted by atomic mass is 16.5. The van der Waals surface area contributed by atoms with E-state index in [1.165, 1.54) is 12.0 Å². The van der Waals surface area contributed by atoms with Gasteiger partial charge in [0.05, 0.1) is 30.4 Å². The Morgan fingerprint density at radius 3 is 2.27 bits per heavy atom. The number of fused-ring (bicyclic) bond motifs is 2. The molecule has 2 atom stereocenters. The normalized spacial score (nSPS) is 17.7. The Morgan fingerprint density at radius 2 is 1.56 bits per heavy atom. The van der Waals surface area contributed by atoms with E-state index >= 15 is 9.59 Å². The first-order valence-corrected chi connectivity index (χ1v) is 25.2. The van der Waals surface area contributed by atoms with Gasteiger partial charge in [0, 0.05) is 93.2 Å². The van der Waals surface area contributed by atoms with Crippen molar-refractivity contribution in [2.24, 2.45) is 14.1 Å². The highest BCUT2D eigenvalue weighted by molar-refractivity contribution is 6.13. The Labute approximate surface area is 416 Å². The lowest BCUT2D eigenvalue weighted by Crippen LogP contribution is -2.51. The molecule has 4 aromatic carbocycles. The molecule has 0 saturated carbocycles. The number of carbonyl (C=O) groups excluding carboxylic acids is 3. The van der Waals surface area contributed by atoms with Gasteiger partial charge in [0.15, 0.2) is 0 Å². The van der Waals surface area contributed by atoms with Gasteiger partial charge in [-0.05, 0) is 148 Å². The molecule has 6 aromatic rings. The van der Waals surface area contributed by atoms with Crippen molar-refractivity contribution < 1.29 is 29.0 Å². The average Bonchev–Trinajstić information content (AvgIpc) is 3.83. The van der Waals surface area contributed by atoms with E-state index in [0.29, 0.717) is 66.6 Å². The van der Waals surface area contributed by atoms with E-state index in [1.54, 1.807) is 46.8 Å². The van der Waals surface area contributed by atoms with Crippen LogP contribution in [0.1, 0.15) is 97.7 Å². The van der Waals surface area contributed by atoms with E-state index in [9.17, 15) is 15.2 Å². The third kappa shape index (κ3) is 9.71. The summed E-state index contributed by atoms with van der Waals surface area (Å²) in [6.45, 7) is 9.40. The van der Waals surface area contributed by atoms with Crippen LogP contribution < -0.4 is 9.64 Å². The summed E-state index contributed by atoms with van der Waals surface area (Å²) in [6.07, 6.45) is 7.37. The number of rotatable bonds is 13. The molecule has 10 rings (SSSR count). The third-order valence-electron chi connectivity index (χ3n) is 15.5. The number of likely N-dealkylation sites (tertiary alicyclic amines) is 1. The number of carbonyl (C=O) groups is 3. The fourth-order valence-corrected chi connectivity index (χ4v) is 10.9. The molecule has 71 heavy (non-hydrogen) atoms. The minimum Gasteiger partial charge on any atom is -0.508 e. The largest absolute Gasteiger partial charge is 0.508 e. The molecule has 4 aliphatic rings. The minimum absolute atomic E-state index is 0.0209. The number of anilines is 2. The van der Waals surface area contributed by atoms with Crippen LogP contribution in [0.4, 0.5) is 11.4 Å². The molecule has 6 heterocycles. The van der Waals surface area contributed by atoms with Crippen LogP contribution in [0.2, 0.25) is 0 Å². The minimum atomic E-state index is -0.316. The number of aromatic nitrogens is 2. The second kappa shape index (κ2) is 20.3. The molecule has 4 aliphatic heterocycles. The first kappa shape index (κ1) is 47.5. The quantitative estimate of drug-likeness (QED) is 0.121. The summed E-state index contributed by atoms with van der Waals surface area (Å²) >= 11 is 0. The molecule has 2 saturated heterocycles. The van der Waals surface area contributed by atoms with Crippen molar-refractivity contribution in [1.29, 1.82) is 5.26 Å². The van der Waals surface area contributed by atoms with E-state index in [0.717, 1.165) is 103 Å². The topological polar surface area (TPSA) is 137 Å². The van der Waals surface area contributed by atoms with E-state index in [1.807, 2.05) is 72.8 Å². The highest BCUT2D eigenvalue weighted by Gasteiger charge is 2.36. The summed E-state index contributed by atoms with van der Waals surface area (Å²) in [5.41, 5.74) is 10.7. The molecule has 0 spiro atoms. The molecule has 1 N–H and O–H groups in total. The van der Waals surface area contributed by atoms with Gasteiger partial charge in [-0.3, -0.25) is 19.3 Å². The summed E-state index contributed by atoms with van der Waals surface area (Å²) in [5, 5.41) is 20.2. The van der Waals surface area contributed by atoms with E-state index in [-0.39, 0.29) is 42.0 Å². The summed E-state index contributed by atoms with van der Waals surface area (Å²) < 4.78 is 15.2. The molecule has 2 fully saturated rings. The van der Waals surface area contributed by atoms with Crippen molar-refractivity contribution in [2.75, 3.05) is 44.3 Å². The van der Waals surface area contributed by atoms with Crippen molar-refractivity contribution in [3.63, 3.8) is 0 Å². The monoisotopic (exact) mass is 953 g/mol. The lowest BCUT2D eigenvalue weighted by atomic mass is 9.89. The van der Waals surface area contributed by atoms with Crippen LogP contribution >= 0.6 is 0 Å². The Hall–Kier alpha value is -7.14. The SMILES string of the molecule is Cc1c(N(C(=O)c2cc(-c3cc4c(cc3C(=O)N3Cc5ccccc5C[C@H]3CN3CCCCC3)CN(C(=O)Cc3ccc(OCCC5CCO5)cc3)CC4)n(C)c2C)c2ccc(O)cc2)cc(C#N)n1C. The maximum Gasteiger partial charge on any atom is 0.264 e. The number of phenols is 1. The zero-order valence-corrected chi connectivity index (χ0v) is 41.3. The molecule has 3 amide bonds. The molecule has 366 valence electrons. The molecule has 1 unspecified atom stereocenters. The van der Waals surface area contributed by atoms with Crippen molar-refractivity contribution in [3.05, 3.63) is 153 Å². The number of ether oxygens (including phenoxy) is 2. The number of hydrogen-bond acceptors (Lipinski definition) is 8. The predicted molar refractivity (Wildman–Crippen MR) is 273 cm³/mol. The Morgan fingerprint density at radius 1 is 0.817 bits per heavy atom. The van der Waals surface area contributed by atoms with Crippen molar-refractivity contribution in [2.45, 2.75) is 90.4 Å². The van der Waals surface area contributed by atoms with Crippen LogP contribution in [0.15, 0.2) is 97.1 Å². The lowest BCUT2D eigenvalue weighted by Gasteiger charge is -2.41. The maximum absolute atomic E-state index is 15.8. The number of amides is 3. The van der Waals surface area contributed by atoms with E-state index in [4.69, 9.17) is 9.47 Å².